The molecule has 0 spiro atoms. The number of nitrogens with one attached hydrogen (secondary N) is 1. The van der Waals surface area contributed by atoms with Crippen molar-refractivity contribution in [2.24, 2.45) is 0 Å². The van der Waals surface area contributed by atoms with E-state index in [9.17, 15) is 0 Å². The quantitative estimate of drug-likeness (QED) is 0.474. The van der Waals surface area contributed by atoms with E-state index in [1.54, 1.807) is 0 Å². The highest BCUT2D eigenvalue weighted by Gasteiger charge is 2.10. The maximum absolute atomic E-state index is 6.27. The van der Waals surface area contributed by atoms with Gasteiger partial charge in [0.15, 0.2) is 0 Å². The molecule has 0 bridgehead atoms. The van der Waals surface area contributed by atoms with Crippen molar-refractivity contribution in [1.29, 1.82) is 0 Å². The van der Waals surface area contributed by atoms with Gasteiger partial charge in [-0.3, -0.25) is 0 Å². The molecule has 2 heterocycles. The standard InChI is InChI=1S/C15H8Cl2N2/c16-9-4-5-11-8(6-9)7-13-15(19-11)14-10(17)2-1-3-12(14)18-13/h1-7,18H. The average molecular weight is 287 g/mol. The fourth-order valence-corrected chi connectivity index (χ4v) is 2.89. The van der Waals surface area contributed by atoms with Gasteiger partial charge in [-0.15, -0.1) is 0 Å². The van der Waals surface area contributed by atoms with E-state index in [2.05, 4.69) is 11.1 Å². The number of nitrogens with zero attached hydrogens (tertiary/aromatic N) is 1. The molecule has 4 aromatic rings. The van der Waals surface area contributed by atoms with Crippen molar-refractivity contribution in [2.75, 3.05) is 0 Å². The number of aromatic amines is 1. The highest BCUT2D eigenvalue weighted by molar-refractivity contribution is 6.37. The van der Waals surface area contributed by atoms with Gasteiger partial charge in [0.1, 0.15) is 0 Å². The van der Waals surface area contributed by atoms with Crippen LogP contribution in [0.15, 0.2) is 42.5 Å². The van der Waals surface area contributed by atoms with Crippen LogP contribution >= 0.6 is 23.2 Å². The molecule has 0 amide bonds. The van der Waals surface area contributed by atoms with E-state index in [4.69, 9.17) is 28.2 Å². The highest BCUT2D eigenvalue weighted by Crippen LogP contribution is 2.32. The van der Waals surface area contributed by atoms with Crippen molar-refractivity contribution >= 4 is 56.0 Å². The summed E-state index contributed by atoms with van der Waals surface area (Å²) < 4.78 is 0. The number of hydrogen-bond donors (Lipinski definition) is 1. The van der Waals surface area contributed by atoms with Gasteiger partial charge in [0.2, 0.25) is 0 Å². The zero-order valence-electron chi connectivity index (χ0n) is 9.74. The fraction of sp³-hybridized carbons (Fsp3) is 0. The molecule has 0 saturated carbocycles. The molecular formula is C15H8Cl2N2. The van der Waals surface area contributed by atoms with Gasteiger partial charge >= 0.3 is 0 Å². The molecule has 0 fully saturated rings. The zero-order valence-corrected chi connectivity index (χ0v) is 11.3. The maximum atomic E-state index is 6.27. The predicted octanol–water partition coefficient (Wildman–Crippen LogP) is 5.18. The lowest BCUT2D eigenvalue weighted by molar-refractivity contribution is 1.49. The minimum absolute atomic E-state index is 0.711. The number of pyridine rings is 1. The van der Waals surface area contributed by atoms with Crippen LogP contribution in [0.1, 0.15) is 0 Å². The Morgan fingerprint density at radius 3 is 2.74 bits per heavy atom. The molecule has 0 aliphatic heterocycles. The van der Waals surface area contributed by atoms with E-state index in [1.807, 2.05) is 36.4 Å². The second-order valence-electron chi connectivity index (χ2n) is 4.51. The van der Waals surface area contributed by atoms with Crippen LogP contribution in [0.5, 0.6) is 0 Å². The zero-order chi connectivity index (χ0) is 13.0. The first kappa shape index (κ1) is 11.1. The first-order valence-corrected chi connectivity index (χ1v) is 6.64. The average Bonchev–Trinajstić information content (AvgIpc) is 2.74. The van der Waals surface area contributed by atoms with E-state index in [0.717, 1.165) is 32.8 Å². The van der Waals surface area contributed by atoms with Crippen LogP contribution < -0.4 is 0 Å². The van der Waals surface area contributed by atoms with Crippen LogP contribution in [-0.2, 0) is 0 Å². The topological polar surface area (TPSA) is 28.7 Å². The highest BCUT2D eigenvalue weighted by atomic mass is 35.5. The molecule has 92 valence electrons. The van der Waals surface area contributed by atoms with Crippen LogP contribution in [-0.4, -0.2) is 9.97 Å². The Balaban J connectivity index is 2.24. The third-order valence-corrected chi connectivity index (χ3v) is 3.85. The van der Waals surface area contributed by atoms with Crippen molar-refractivity contribution in [3.8, 4) is 0 Å². The van der Waals surface area contributed by atoms with Gasteiger partial charge in [0.05, 0.1) is 21.6 Å². The molecule has 2 aromatic heterocycles. The van der Waals surface area contributed by atoms with E-state index in [1.165, 1.54) is 0 Å². The SMILES string of the molecule is Clc1ccc2nc3c(cc2c1)[nH]c1cccc(Cl)c13. The third kappa shape index (κ3) is 1.61. The van der Waals surface area contributed by atoms with Gasteiger partial charge in [-0.1, -0.05) is 29.3 Å². The Bertz CT molecular complexity index is 941. The maximum Gasteiger partial charge on any atom is 0.0980 e. The van der Waals surface area contributed by atoms with Crippen LogP contribution in [0.3, 0.4) is 0 Å². The van der Waals surface area contributed by atoms with E-state index in [-0.39, 0.29) is 0 Å². The number of halogens is 2. The van der Waals surface area contributed by atoms with Gasteiger partial charge in [0, 0.05) is 21.3 Å². The lowest BCUT2D eigenvalue weighted by atomic mass is 10.2. The summed E-state index contributed by atoms with van der Waals surface area (Å²) in [7, 11) is 0. The minimum Gasteiger partial charge on any atom is -0.353 e. The molecule has 0 radical (unpaired) electrons. The smallest absolute Gasteiger partial charge is 0.0980 e. The monoisotopic (exact) mass is 286 g/mol. The van der Waals surface area contributed by atoms with Crippen molar-refractivity contribution in [2.45, 2.75) is 0 Å². The molecule has 0 atom stereocenters. The Kier molecular flexibility index (Phi) is 2.25. The minimum atomic E-state index is 0.711. The van der Waals surface area contributed by atoms with Gasteiger partial charge in [0.25, 0.3) is 0 Å². The molecule has 4 heteroatoms. The number of H-pyrrole nitrogens is 1. The van der Waals surface area contributed by atoms with E-state index >= 15 is 0 Å². The Morgan fingerprint density at radius 2 is 1.84 bits per heavy atom. The molecule has 4 rings (SSSR count). The van der Waals surface area contributed by atoms with Crippen LogP contribution in [0.25, 0.3) is 32.8 Å². The summed E-state index contributed by atoms with van der Waals surface area (Å²) in [6.45, 7) is 0. The molecule has 0 saturated heterocycles. The van der Waals surface area contributed by atoms with Gasteiger partial charge in [-0.05, 0) is 36.4 Å². The van der Waals surface area contributed by atoms with Crippen molar-refractivity contribution < 1.29 is 0 Å². The van der Waals surface area contributed by atoms with Gasteiger partial charge in [-0.2, -0.15) is 0 Å². The molecule has 19 heavy (non-hydrogen) atoms. The lowest BCUT2D eigenvalue weighted by Gasteiger charge is -1.99. The number of rotatable bonds is 0. The van der Waals surface area contributed by atoms with E-state index in [0.29, 0.717) is 10.0 Å². The molecule has 0 aliphatic rings. The summed E-state index contributed by atoms with van der Waals surface area (Å²) in [4.78, 5) is 8.03. The van der Waals surface area contributed by atoms with E-state index < -0.39 is 0 Å². The summed E-state index contributed by atoms with van der Waals surface area (Å²) in [5.74, 6) is 0. The fourth-order valence-electron chi connectivity index (χ4n) is 2.45. The largest absolute Gasteiger partial charge is 0.353 e. The molecular weight excluding hydrogens is 279 g/mol. The summed E-state index contributed by atoms with van der Waals surface area (Å²) in [6.07, 6.45) is 0. The first-order chi connectivity index (χ1) is 9.22. The third-order valence-electron chi connectivity index (χ3n) is 3.30. The van der Waals surface area contributed by atoms with Crippen LogP contribution in [0.4, 0.5) is 0 Å². The second-order valence-corrected chi connectivity index (χ2v) is 5.35. The number of hydrogen-bond acceptors (Lipinski definition) is 1. The first-order valence-electron chi connectivity index (χ1n) is 5.88. The summed E-state index contributed by atoms with van der Waals surface area (Å²) in [5.41, 5.74) is 3.78. The lowest BCUT2D eigenvalue weighted by Crippen LogP contribution is -1.80. The molecule has 0 unspecified atom stereocenters. The molecule has 2 aromatic carbocycles. The van der Waals surface area contributed by atoms with Gasteiger partial charge in [-0.25, -0.2) is 4.98 Å². The number of fused-ring (bicyclic) bond motifs is 4. The summed E-state index contributed by atoms with van der Waals surface area (Å²) in [6, 6.07) is 13.5. The Labute approximate surface area is 119 Å². The van der Waals surface area contributed by atoms with Crippen molar-refractivity contribution in [3.63, 3.8) is 0 Å². The number of benzene rings is 2. The molecule has 1 N–H and O–H groups in total. The molecule has 2 nitrogen and oxygen atoms in total. The van der Waals surface area contributed by atoms with Crippen LogP contribution in [0.2, 0.25) is 10.0 Å². The Hall–Kier alpha value is -1.77. The van der Waals surface area contributed by atoms with Crippen molar-refractivity contribution in [3.05, 3.63) is 52.5 Å². The van der Waals surface area contributed by atoms with Crippen LogP contribution in [0, 0.1) is 0 Å². The molecule has 0 aliphatic carbocycles. The second kappa shape index (κ2) is 3.86. The summed E-state index contributed by atoms with van der Waals surface area (Å²) in [5, 5.41) is 3.41. The normalized spacial score (nSPS) is 11.7. The number of aromatic nitrogens is 2. The van der Waals surface area contributed by atoms with Gasteiger partial charge < -0.3 is 4.98 Å². The van der Waals surface area contributed by atoms with Crippen molar-refractivity contribution in [1.82, 2.24) is 9.97 Å². The Morgan fingerprint density at radius 1 is 0.947 bits per heavy atom. The predicted molar refractivity (Wildman–Crippen MR) is 81.1 cm³/mol. The summed E-state index contributed by atoms with van der Waals surface area (Å²) >= 11 is 12.3.